The Morgan fingerprint density at radius 3 is 2.54 bits per heavy atom. The van der Waals surface area contributed by atoms with Crippen molar-refractivity contribution in [2.24, 2.45) is 14.1 Å². The van der Waals surface area contributed by atoms with Crippen LogP contribution in [0.4, 0.5) is 5.82 Å². The van der Waals surface area contributed by atoms with Crippen molar-refractivity contribution in [1.29, 1.82) is 0 Å². The maximum Gasteiger partial charge on any atom is 0.332 e. The summed E-state index contributed by atoms with van der Waals surface area (Å²) in [6, 6.07) is 1.43. The van der Waals surface area contributed by atoms with E-state index in [2.05, 4.69) is 15.3 Å². The Balaban J connectivity index is 2.01. The second-order valence-electron chi connectivity index (χ2n) is 5.38. The lowest BCUT2D eigenvalue weighted by atomic mass is 10.4. The summed E-state index contributed by atoms with van der Waals surface area (Å²) in [5.41, 5.74) is -1.05. The number of fused-ring (bicyclic) bond motifs is 1. The Kier molecular flexibility index (Phi) is 4.78. The fourth-order valence-corrected chi connectivity index (χ4v) is 3.04. The topological polar surface area (TPSA) is 104 Å². The van der Waals surface area contributed by atoms with E-state index in [4.69, 9.17) is 34.8 Å². The van der Waals surface area contributed by atoms with Crippen LogP contribution in [0.15, 0.2) is 21.9 Å². The molecule has 0 spiro atoms. The SMILES string of the molecule is Cn1c(=O)c2c(nc(Cl)n2CC(=O)Nc2ncc(Cl)cc2Cl)n(C)c1=O. The fourth-order valence-electron chi connectivity index (χ4n) is 2.39. The maximum absolute atomic E-state index is 12.4. The number of hydrogen-bond acceptors (Lipinski definition) is 5. The van der Waals surface area contributed by atoms with Crippen LogP contribution in [0, 0.1) is 0 Å². The molecule has 26 heavy (non-hydrogen) atoms. The summed E-state index contributed by atoms with van der Waals surface area (Å²) in [6.07, 6.45) is 1.33. The van der Waals surface area contributed by atoms with Gasteiger partial charge in [-0.2, -0.15) is 4.98 Å². The van der Waals surface area contributed by atoms with Gasteiger partial charge in [0, 0.05) is 20.3 Å². The predicted octanol–water partition coefficient (Wildman–Crippen LogP) is 1.43. The highest BCUT2D eigenvalue weighted by molar-refractivity contribution is 6.36. The van der Waals surface area contributed by atoms with Gasteiger partial charge in [-0.25, -0.2) is 9.78 Å². The molecule has 9 nitrogen and oxygen atoms in total. The molecule has 0 saturated heterocycles. The van der Waals surface area contributed by atoms with Crippen LogP contribution in [0.1, 0.15) is 0 Å². The molecule has 0 saturated carbocycles. The molecular formula is C14H11Cl3N6O3. The van der Waals surface area contributed by atoms with Gasteiger partial charge in [-0.1, -0.05) is 23.2 Å². The Hall–Kier alpha value is -2.36. The van der Waals surface area contributed by atoms with Crippen molar-refractivity contribution in [3.8, 4) is 0 Å². The summed E-state index contributed by atoms with van der Waals surface area (Å²) in [4.78, 5) is 44.7. The monoisotopic (exact) mass is 416 g/mol. The third-order valence-corrected chi connectivity index (χ3v) is 4.45. The largest absolute Gasteiger partial charge is 0.332 e. The highest BCUT2D eigenvalue weighted by Gasteiger charge is 2.20. The van der Waals surface area contributed by atoms with E-state index in [0.29, 0.717) is 5.02 Å². The summed E-state index contributed by atoms with van der Waals surface area (Å²) in [6.45, 7) is -0.330. The normalized spacial score (nSPS) is 11.1. The van der Waals surface area contributed by atoms with Gasteiger partial charge in [-0.05, 0) is 17.7 Å². The molecule has 3 aromatic rings. The number of hydrogen-bond donors (Lipinski definition) is 1. The third kappa shape index (κ3) is 3.09. The molecule has 3 rings (SSSR count). The average Bonchev–Trinajstić information content (AvgIpc) is 2.90. The molecule has 0 atom stereocenters. The van der Waals surface area contributed by atoms with Gasteiger partial charge >= 0.3 is 5.69 Å². The number of imidazole rings is 1. The number of carbonyl (C=O) groups is 1. The van der Waals surface area contributed by atoms with E-state index in [0.717, 1.165) is 4.57 Å². The minimum Gasteiger partial charge on any atom is -0.308 e. The number of amides is 1. The van der Waals surface area contributed by atoms with E-state index >= 15 is 0 Å². The summed E-state index contributed by atoms with van der Waals surface area (Å²) in [7, 11) is 2.78. The molecule has 0 fully saturated rings. The molecule has 0 radical (unpaired) electrons. The van der Waals surface area contributed by atoms with E-state index in [-0.39, 0.29) is 33.8 Å². The number of aromatic nitrogens is 5. The van der Waals surface area contributed by atoms with Crippen molar-refractivity contribution in [2.45, 2.75) is 6.54 Å². The van der Waals surface area contributed by atoms with Gasteiger partial charge < -0.3 is 5.32 Å². The number of anilines is 1. The quantitative estimate of drug-likeness (QED) is 0.649. The molecule has 0 bridgehead atoms. The first-order valence-electron chi connectivity index (χ1n) is 7.13. The maximum atomic E-state index is 12.4. The minimum absolute atomic E-state index is 0.0323. The van der Waals surface area contributed by atoms with E-state index in [1.807, 2.05) is 0 Å². The number of pyridine rings is 1. The molecule has 0 aliphatic carbocycles. The van der Waals surface area contributed by atoms with Gasteiger partial charge in [0.15, 0.2) is 17.0 Å². The van der Waals surface area contributed by atoms with Crippen LogP contribution < -0.4 is 16.6 Å². The zero-order chi connectivity index (χ0) is 19.2. The lowest BCUT2D eigenvalue weighted by molar-refractivity contribution is -0.116. The van der Waals surface area contributed by atoms with E-state index < -0.39 is 17.2 Å². The highest BCUT2D eigenvalue weighted by atomic mass is 35.5. The molecule has 0 unspecified atom stereocenters. The first-order valence-corrected chi connectivity index (χ1v) is 8.26. The van der Waals surface area contributed by atoms with Crippen molar-refractivity contribution in [2.75, 3.05) is 5.32 Å². The lowest BCUT2D eigenvalue weighted by Crippen LogP contribution is -2.37. The number of nitrogens with zero attached hydrogens (tertiary/aromatic N) is 5. The lowest BCUT2D eigenvalue weighted by Gasteiger charge is -2.09. The Labute approximate surface area is 160 Å². The van der Waals surface area contributed by atoms with Crippen LogP contribution in [-0.2, 0) is 25.4 Å². The van der Waals surface area contributed by atoms with E-state index in [1.54, 1.807) is 0 Å². The Morgan fingerprint density at radius 2 is 1.88 bits per heavy atom. The molecule has 1 N–H and O–H groups in total. The van der Waals surface area contributed by atoms with Gasteiger partial charge in [0.25, 0.3) is 5.56 Å². The van der Waals surface area contributed by atoms with Crippen LogP contribution in [0.25, 0.3) is 11.2 Å². The standard InChI is InChI=1S/C14H11Cl3N6O3/c1-21-11-9(12(25)22(2)14(21)26)23(13(17)20-11)5-8(24)19-10-7(16)3-6(15)4-18-10/h3-4H,5H2,1-2H3,(H,18,19,24). The predicted molar refractivity (Wildman–Crippen MR) is 98.1 cm³/mol. The minimum atomic E-state index is -0.613. The number of halogens is 3. The first kappa shape index (κ1) is 18.4. The van der Waals surface area contributed by atoms with Crippen molar-refractivity contribution < 1.29 is 4.79 Å². The van der Waals surface area contributed by atoms with Crippen molar-refractivity contribution in [1.82, 2.24) is 23.7 Å². The van der Waals surface area contributed by atoms with Gasteiger partial charge in [0.2, 0.25) is 11.2 Å². The number of rotatable bonds is 3. The smallest absolute Gasteiger partial charge is 0.308 e. The molecule has 0 aliphatic heterocycles. The third-order valence-electron chi connectivity index (χ3n) is 3.67. The van der Waals surface area contributed by atoms with Crippen molar-refractivity contribution in [3.05, 3.63) is 48.4 Å². The molecule has 1 amide bonds. The Bertz CT molecular complexity index is 1160. The number of aryl methyl sites for hydroxylation is 1. The zero-order valence-electron chi connectivity index (χ0n) is 13.5. The van der Waals surface area contributed by atoms with Crippen molar-refractivity contribution in [3.63, 3.8) is 0 Å². The Morgan fingerprint density at radius 1 is 1.19 bits per heavy atom. The summed E-state index contributed by atoms with van der Waals surface area (Å²) in [5.74, 6) is -0.430. The molecule has 3 heterocycles. The number of carbonyl (C=O) groups excluding carboxylic acids is 1. The molecular weight excluding hydrogens is 407 g/mol. The second-order valence-corrected chi connectivity index (χ2v) is 6.56. The fraction of sp³-hybridized carbons (Fsp3) is 0.214. The second kappa shape index (κ2) is 6.75. The van der Waals surface area contributed by atoms with Gasteiger partial charge in [-0.15, -0.1) is 0 Å². The summed E-state index contributed by atoms with van der Waals surface area (Å²) >= 11 is 17.8. The summed E-state index contributed by atoms with van der Waals surface area (Å²) < 4.78 is 3.29. The average molecular weight is 418 g/mol. The molecule has 12 heteroatoms. The molecule has 136 valence electrons. The zero-order valence-corrected chi connectivity index (χ0v) is 15.7. The van der Waals surface area contributed by atoms with Gasteiger partial charge in [0.05, 0.1) is 10.0 Å². The molecule has 0 aromatic carbocycles. The van der Waals surface area contributed by atoms with Crippen LogP contribution in [0.2, 0.25) is 15.3 Å². The molecule has 3 aromatic heterocycles. The molecule has 0 aliphatic rings. The van der Waals surface area contributed by atoms with Crippen LogP contribution >= 0.6 is 34.8 Å². The van der Waals surface area contributed by atoms with Gasteiger partial charge in [-0.3, -0.25) is 23.3 Å². The first-order chi connectivity index (χ1) is 12.2. The van der Waals surface area contributed by atoms with Gasteiger partial charge in [0.1, 0.15) is 6.54 Å². The number of nitrogens with one attached hydrogen (secondary N) is 1. The van der Waals surface area contributed by atoms with E-state index in [1.165, 1.54) is 35.5 Å². The van der Waals surface area contributed by atoms with E-state index in [9.17, 15) is 14.4 Å². The van der Waals surface area contributed by atoms with Crippen LogP contribution in [0.3, 0.4) is 0 Å². The highest BCUT2D eigenvalue weighted by Crippen LogP contribution is 2.23. The summed E-state index contributed by atoms with van der Waals surface area (Å²) in [5, 5.41) is 2.87. The van der Waals surface area contributed by atoms with Crippen molar-refractivity contribution >= 4 is 57.7 Å². The van der Waals surface area contributed by atoms with Crippen LogP contribution in [-0.4, -0.2) is 29.6 Å². The van der Waals surface area contributed by atoms with Crippen LogP contribution in [0.5, 0.6) is 0 Å².